The summed E-state index contributed by atoms with van der Waals surface area (Å²) in [7, 11) is 0. The minimum absolute atomic E-state index is 0.571. The van der Waals surface area contributed by atoms with Crippen LogP contribution in [0.1, 0.15) is 0 Å². The summed E-state index contributed by atoms with van der Waals surface area (Å²) in [6.07, 6.45) is 3.52. The van der Waals surface area contributed by atoms with Crippen molar-refractivity contribution in [3.63, 3.8) is 0 Å². The number of nitrogens with zero attached hydrogens (tertiary/aromatic N) is 4. The van der Waals surface area contributed by atoms with E-state index in [-0.39, 0.29) is 0 Å². The summed E-state index contributed by atoms with van der Waals surface area (Å²) in [5.41, 5.74) is 8.04. The molecule has 0 unspecified atom stereocenters. The number of para-hydroxylation sites is 1. The Labute approximate surface area is 274 Å². The van der Waals surface area contributed by atoms with Gasteiger partial charge in [0, 0.05) is 44.4 Å². The van der Waals surface area contributed by atoms with Crippen molar-refractivity contribution >= 4 is 54.6 Å². The number of aromatic nitrogens is 4. The van der Waals surface area contributed by atoms with Crippen molar-refractivity contribution in [1.29, 1.82) is 0 Å². The lowest BCUT2D eigenvalue weighted by Gasteiger charge is -2.13. The lowest BCUT2D eigenvalue weighted by molar-refractivity contribution is 0.667. The van der Waals surface area contributed by atoms with Crippen LogP contribution in [-0.2, 0) is 0 Å². The first-order valence-electron chi connectivity index (χ1n) is 15.8. The SMILES string of the molecule is c1ccc(-c2nc(-c3cc(-c4cccc5oc6ccccc6c45)c4ccccc4c3)nc(-c3cccc4oc5cnccc5c34)n2)cc1. The second-order valence-corrected chi connectivity index (χ2v) is 11.8. The third-order valence-electron chi connectivity index (χ3n) is 9.02. The molecule has 6 aromatic carbocycles. The maximum atomic E-state index is 6.29. The van der Waals surface area contributed by atoms with Gasteiger partial charge in [-0.3, -0.25) is 4.98 Å². The van der Waals surface area contributed by atoms with Crippen LogP contribution in [0.4, 0.5) is 0 Å². The van der Waals surface area contributed by atoms with Crippen molar-refractivity contribution < 1.29 is 8.83 Å². The molecular weight excluding hydrogens is 592 g/mol. The Bertz CT molecular complexity index is 2850. The highest BCUT2D eigenvalue weighted by molar-refractivity contribution is 6.16. The monoisotopic (exact) mass is 616 g/mol. The van der Waals surface area contributed by atoms with Crippen molar-refractivity contribution in [2.45, 2.75) is 0 Å². The number of fused-ring (bicyclic) bond motifs is 7. The average Bonchev–Trinajstić information content (AvgIpc) is 3.73. The van der Waals surface area contributed by atoms with E-state index in [1.807, 2.05) is 72.8 Å². The van der Waals surface area contributed by atoms with E-state index in [0.717, 1.165) is 82.5 Å². The highest BCUT2D eigenvalue weighted by Gasteiger charge is 2.20. The van der Waals surface area contributed by atoms with E-state index in [9.17, 15) is 0 Å². The van der Waals surface area contributed by atoms with Crippen molar-refractivity contribution in [2.24, 2.45) is 0 Å². The maximum Gasteiger partial charge on any atom is 0.164 e. The van der Waals surface area contributed by atoms with Gasteiger partial charge in [-0.25, -0.2) is 15.0 Å². The minimum Gasteiger partial charge on any atom is -0.456 e. The van der Waals surface area contributed by atoms with Gasteiger partial charge in [0.05, 0.1) is 6.20 Å². The Morgan fingerprint density at radius 3 is 1.88 bits per heavy atom. The highest BCUT2D eigenvalue weighted by atomic mass is 16.3. The number of furan rings is 2. The van der Waals surface area contributed by atoms with Gasteiger partial charge >= 0.3 is 0 Å². The summed E-state index contributed by atoms with van der Waals surface area (Å²) >= 11 is 0. The molecule has 0 atom stereocenters. The topological polar surface area (TPSA) is 77.8 Å². The summed E-state index contributed by atoms with van der Waals surface area (Å²) in [5, 5.41) is 6.32. The fourth-order valence-electron chi connectivity index (χ4n) is 6.87. The lowest BCUT2D eigenvalue weighted by atomic mass is 9.92. The van der Waals surface area contributed by atoms with Crippen LogP contribution in [0.15, 0.2) is 155 Å². The quantitative estimate of drug-likeness (QED) is 0.196. The van der Waals surface area contributed by atoms with Crippen LogP contribution in [0.5, 0.6) is 0 Å². The fraction of sp³-hybridized carbons (Fsp3) is 0. The molecule has 0 bridgehead atoms. The first kappa shape index (κ1) is 26.5. The van der Waals surface area contributed by atoms with Crippen LogP contribution in [0, 0.1) is 0 Å². The van der Waals surface area contributed by atoms with Gasteiger partial charge in [0.2, 0.25) is 0 Å². The molecule has 224 valence electrons. The second-order valence-electron chi connectivity index (χ2n) is 11.8. The third-order valence-corrected chi connectivity index (χ3v) is 9.02. The van der Waals surface area contributed by atoms with Crippen LogP contribution in [0.25, 0.3) is 99.9 Å². The summed E-state index contributed by atoms with van der Waals surface area (Å²) in [5.74, 6) is 1.75. The Kier molecular flexibility index (Phi) is 5.77. The van der Waals surface area contributed by atoms with Crippen molar-refractivity contribution in [1.82, 2.24) is 19.9 Å². The van der Waals surface area contributed by atoms with Crippen LogP contribution in [0.2, 0.25) is 0 Å². The molecule has 0 saturated carbocycles. The zero-order chi connectivity index (χ0) is 31.6. The van der Waals surface area contributed by atoms with Gasteiger partial charge in [0.25, 0.3) is 0 Å². The molecule has 10 rings (SSSR count). The van der Waals surface area contributed by atoms with Crippen molar-refractivity contribution in [2.75, 3.05) is 0 Å². The number of benzene rings is 6. The van der Waals surface area contributed by atoms with E-state index in [4.69, 9.17) is 23.8 Å². The van der Waals surface area contributed by atoms with Crippen molar-refractivity contribution in [3.8, 4) is 45.3 Å². The Morgan fingerprint density at radius 2 is 1.02 bits per heavy atom. The first-order chi connectivity index (χ1) is 23.8. The number of rotatable bonds is 4. The highest BCUT2D eigenvalue weighted by Crippen LogP contribution is 2.42. The largest absolute Gasteiger partial charge is 0.456 e. The van der Waals surface area contributed by atoms with Gasteiger partial charge in [-0.2, -0.15) is 0 Å². The van der Waals surface area contributed by atoms with Gasteiger partial charge in [0.1, 0.15) is 16.7 Å². The van der Waals surface area contributed by atoms with Crippen LogP contribution < -0.4 is 0 Å². The summed E-state index contributed by atoms with van der Waals surface area (Å²) in [6.45, 7) is 0. The predicted octanol–water partition coefficient (Wildman–Crippen LogP) is 10.9. The van der Waals surface area contributed by atoms with Crippen molar-refractivity contribution in [3.05, 3.63) is 146 Å². The molecule has 0 N–H and O–H groups in total. The zero-order valence-electron chi connectivity index (χ0n) is 25.5. The normalized spacial score (nSPS) is 11.8. The Hall–Kier alpha value is -6.66. The van der Waals surface area contributed by atoms with E-state index >= 15 is 0 Å². The van der Waals surface area contributed by atoms with E-state index in [2.05, 4.69) is 65.6 Å². The molecule has 0 aliphatic carbocycles. The molecule has 10 aromatic rings. The maximum absolute atomic E-state index is 6.29. The summed E-state index contributed by atoms with van der Waals surface area (Å²) < 4.78 is 12.5. The summed E-state index contributed by atoms with van der Waals surface area (Å²) in [4.78, 5) is 19.6. The van der Waals surface area contributed by atoms with Crippen LogP contribution >= 0.6 is 0 Å². The van der Waals surface area contributed by atoms with Gasteiger partial charge in [0.15, 0.2) is 23.1 Å². The standard InChI is InChI=1S/C42H24N4O2/c1-2-10-25(11-3-1)40-44-41(46-42(45-40)32-16-9-19-36-39(32)31-20-21-43-24-37(31)48-36)27-22-26-12-4-5-13-28(26)33(23-27)29-15-8-18-35-38(29)30-14-6-7-17-34(30)47-35/h1-24H. The molecular formula is C42H24N4O2. The molecule has 6 nitrogen and oxygen atoms in total. The van der Waals surface area contributed by atoms with E-state index in [1.165, 1.54) is 0 Å². The van der Waals surface area contributed by atoms with E-state index < -0.39 is 0 Å². The van der Waals surface area contributed by atoms with Gasteiger partial charge < -0.3 is 8.83 Å². The predicted molar refractivity (Wildman–Crippen MR) is 191 cm³/mol. The molecule has 0 spiro atoms. The molecule has 6 heteroatoms. The molecule has 0 aliphatic heterocycles. The molecule has 0 fully saturated rings. The first-order valence-corrected chi connectivity index (χ1v) is 15.8. The average molecular weight is 617 g/mol. The van der Waals surface area contributed by atoms with Gasteiger partial charge in [-0.1, -0.05) is 97.1 Å². The number of hydrogen-bond acceptors (Lipinski definition) is 6. The molecule has 4 aromatic heterocycles. The fourth-order valence-corrected chi connectivity index (χ4v) is 6.87. The number of pyridine rings is 1. The molecule has 48 heavy (non-hydrogen) atoms. The minimum atomic E-state index is 0.571. The molecule has 4 heterocycles. The second kappa shape index (κ2) is 10.4. The Morgan fingerprint density at radius 1 is 0.396 bits per heavy atom. The molecule has 0 saturated heterocycles. The third kappa shape index (κ3) is 4.13. The Balaban J connectivity index is 1.26. The zero-order valence-corrected chi connectivity index (χ0v) is 25.5. The molecule has 0 aliphatic rings. The summed E-state index contributed by atoms with van der Waals surface area (Å²) in [6, 6.07) is 45.3. The number of hydrogen-bond donors (Lipinski definition) is 0. The van der Waals surface area contributed by atoms with Crippen LogP contribution in [0.3, 0.4) is 0 Å². The van der Waals surface area contributed by atoms with E-state index in [1.54, 1.807) is 12.4 Å². The van der Waals surface area contributed by atoms with Crippen LogP contribution in [-0.4, -0.2) is 19.9 Å². The molecule has 0 radical (unpaired) electrons. The molecule has 0 amide bonds. The van der Waals surface area contributed by atoms with Gasteiger partial charge in [-0.15, -0.1) is 0 Å². The van der Waals surface area contributed by atoms with E-state index in [0.29, 0.717) is 17.5 Å². The lowest BCUT2D eigenvalue weighted by Crippen LogP contribution is -2.00. The van der Waals surface area contributed by atoms with Gasteiger partial charge in [-0.05, 0) is 58.3 Å². The smallest absolute Gasteiger partial charge is 0.164 e.